The number of carbonyl (C=O) groups is 1. The second kappa shape index (κ2) is 4.12. The van der Waals surface area contributed by atoms with Gasteiger partial charge in [0.05, 0.1) is 14.7 Å². The molecule has 8 heteroatoms. The molecular formula is C7H2ClF3INO2. The molecule has 0 aliphatic carbocycles. The van der Waals surface area contributed by atoms with E-state index in [1.165, 1.54) is 22.6 Å². The molecule has 0 aliphatic rings. The standard InChI is InChI=1S/C7H2ClF3INO2/c8-5-4(12)3(6(14)15)2(1-13-5)7(9,10)11/h1H,(H,14,15). The summed E-state index contributed by atoms with van der Waals surface area (Å²) in [6, 6.07) is 0. The number of alkyl halides is 3. The van der Waals surface area contributed by atoms with Crippen molar-refractivity contribution < 1.29 is 23.1 Å². The Bertz CT molecular complexity index is 421. The van der Waals surface area contributed by atoms with Crippen LogP contribution < -0.4 is 0 Å². The van der Waals surface area contributed by atoms with Gasteiger partial charge in [0.2, 0.25) is 0 Å². The van der Waals surface area contributed by atoms with E-state index in [4.69, 9.17) is 16.7 Å². The fourth-order valence-electron chi connectivity index (χ4n) is 0.888. The molecule has 0 fully saturated rings. The summed E-state index contributed by atoms with van der Waals surface area (Å²) >= 11 is 6.84. The van der Waals surface area contributed by atoms with Gasteiger partial charge in [0, 0.05) is 6.20 Å². The number of nitrogens with zero attached hydrogens (tertiary/aromatic N) is 1. The van der Waals surface area contributed by atoms with Gasteiger partial charge in [-0.05, 0) is 22.6 Å². The molecule has 3 nitrogen and oxygen atoms in total. The minimum Gasteiger partial charge on any atom is -0.478 e. The van der Waals surface area contributed by atoms with Gasteiger partial charge in [0.1, 0.15) is 5.15 Å². The van der Waals surface area contributed by atoms with Crippen LogP contribution in [0.5, 0.6) is 0 Å². The van der Waals surface area contributed by atoms with Gasteiger partial charge in [0.25, 0.3) is 0 Å². The highest BCUT2D eigenvalue weighted by Crippen LogP contribution is 2.35. The molecular weight excluding hydrogens is 349 g/mol. The molecule has 0 spiro atoms. The maximum absolute atomic E-state index is 12.4. The Balaban J connectivity index is 3.55. The van der Waals surface area contributed by atoms with Crippen molar-refractivity contribution in [3.63, 3.8) is 0 Å². The third kappa shape index (κ3) is 2.51. The third-order valence-electron chi connectivity index (χ3n) is 1.50. The van der Waals surface area contributed by atoms with E-state index in [0.717, 1.165) is 0 Å². The summed E-state index contributed by atoms with van der Waals surface area (Å²) in [6.07, 6.45) is -4.35. The molecule has 1 heterocycles. The SMILES string of the molecule is O=C(O)c1c(C(F)(F)F)cnc(Cl)c1I. The van der Waals surface area contributed by atoms with E-state index in [9.17, 15) is 18.0 Å². The van der Waals surface area contributed by atoms with Gasteiger partial charge >= 0.3 is 12.1 Å². The Hall–Kier alpha value is -0.570. The van der Waals surface area contributed by atoms with Crippen molar-refractivity contribution in [2.75, 3.05) is 0 Å². The van der Waals surface area contributed by atoms with Gasteiger partial charge in [-0.25, -0.2) is 9.78 Å². The third-order valence-corrected chi connectivity index (χ3v) is 3.15. The van der Waals surface area contributed by atoms with E-state index < -0.39 is 23.3 Å². The summed E-state index contributed by atoms with van der Waals surface area (Å²) in [5.74, 6) is -1.68. The number of halogens is 5. The lowest BCUT2D eigenvalue weighted by atomic mass is 10.1. The van der Waals surface area contributed by atoms with Gasteiger partial charge in [0.15, 0.2) is 0 Å². The second-order valence-corrected chi connectivity index (χ2v) is 3.89. The monoisotopic (exact) mass is 351 g/mol. The van der Waals surface area contributed by atoms with Crippen molar-refractivity contribution in [2.45, 2.75) is 6.18 Å². The lowest BCUT2D eigenvalue weighted by molar-refractivity contribution is -0.138. The van der Waals surface area contributed by atoms with Crippen LogP contribution in [-0.2, 0) is 6.18 Å². The minimum absolute atomic E-state index is 0.225. The van der Waals surface area contributed by atoms with Crippen LogP contribution in [0.2, 0.25) is 5.15 Å². The lowest BCUT2D eigenvalue weighted by Crippen LogP contribution is -2.15. The molecule has 0 amide bonds. The van der Waals surface area contributed by atoms with Gasteiger partial charge in [-0.1, -0.05) is 11.6 Å². The Morgan fingerprint density at radius 1 is 1.53 bits per heavy atom. The number of rotatable bonds is 1. The number of carboxylic acid groups (broad SMARTS) is 1. The Labute approximate surface area is 100 Å². The molecule has 82 valence electrons. The van der Waals surface area contributed by atoms with Crippen molar-refractivity contribution in [1.29, 1.82) is 0 Å². The van der Waals surface area contributed by atoms with Crippen molar-refractivity contribution in [3.05, 3.63) is 26.0 Å². The van der Waals surface area contributed by atoms with Crippen LogP contribution in [0.4, 0.5) is 13.2 Å². The second-order valence-electron chi connectivity index (χ2n) is 2.45. The number of hydrogen-bond donors (Lipinski definition) is 1. The zero-order chi connectivity index (χ0) is 11.8. The summed E-state index contributed by atoms with van der Waals surface area (Å²) in [6.45, 7) is 0. The summed E-state index contributed by atoms with van der Waals surface area (Å²) < 4.78 is 36.9. The zero-order valence-corrected chi connectivity index (χ0v) is 9.68. The van der Waals surface area contributed by atoms with Crippen LogP contribution in [0.3, 0.4) is 0 Å². The molecule has 0 atom stereocenters. The normalized spacial score (nSPS) is 11.5. The molecule has 0 aliphatic heterocycles. The molecule has 1 aromatic rings. The van der Waals surface area contributed by atoms with Gasteiger partial charge in [-0.15, -0.1) is 0 Å². The first-order chi connectivity index (χ1) is 6.75. The molecule has 1 N–H and O–H groups in total. The van der Waals surface area contributed by atoms with Crippen molar-refractivity contribution in [3.8, 4) is 0 Å². The van der Waals surface area contributed by atoms with Gasteiger partial charge < -0.3 is 5.11 Å². The van der Waals surface area contributed by atoms with E-state index in [1.54, 1.807) is 0 Å². The Kier molecular flexibility index (Phi) is 3.44. The highest BCUT2D eigenvalue weighted by atomic mass is 127. The van der Waals surface area contributed by atoms with E-state index in [2.05, 4.69) is 4.98 Å². The molecule has 0 radical (unpaired) electrons. The van der Waals surface area contributed by atoms with Gasteiger partial charge in [-0.2, -0.15) is 13.2 Å². The largest absolute Gasteiger partial charge is 0.478 e. The number of hydrogen-bond acceptors (Lipinski definition) is 2. The van der Waals surface area contributed by atoms with Crippen molar-refractivity contribution >= 4 is 40.2 Å². The fourth-order valence-corrected chi connectivity index (χ4v) is 1.69. The van der Waals surface area contributed by atoms with E-state index in [0.29, 0.717) is 6.20 Å². The van der Waals surface area contributed by atoms with Crippen LogP contribution in [0.15, 0.2) is 6.20 Å². The summed E-state index contributed by atoms with van der Waals surface area (Å²) in [5.41, 5.74) is -2.17. The predicted octanol–water partition coefficient (Wildman–Crippen LogP) is 3.06. The molecule has 1 rings (SSSR count). The summed E-state index contributed by atoms with van der Waals surface area (Å²) in [5, 5.41) is 8.38. The number of aromatic nitrogens is 1. The minimum atomic E-state index is -4.76. The lowest BCUT2D eigenvalue weighted by Gasteiger charge is -2.11. The molecule has 0 bridgehead atoms. The highest BCUT2D eigenvalue weighted by Gasteiger charge is 2.37. The molecule has 0 saturated heterocycles. The molecule has 15 heavy (non-hydrogen) atoms. The highest BCUT2D eigenvalue weighted by molar-refractivity contribution is 14.1. The maximum atomic E-state index is 12.4. The Morgan fingerprint density at radius 3 is 2.47 bits per heavy atom. The van der Waals surface area contributed by atoms with Crippen molar-refractivity contribution in [1.82, 2.24) is 4.98 Å². The average Bonchev–Trinajstić information content (AvgIpc) is 2.06. The van der Waals surface area contributed by atoms with Crippen LogP contribution in [-0.4, -0.2) is 16.1 Å². The number of carboxylic acids is 1. The quantitative estimate of drug-likeness (QED) is 0.625. The molecule has 0 saturated carbocycles. The van der Waals surface area contributed by atoms with E-state index in [-0.39, 0.29) is 8.72 Å². The summed E-state index contributed by atoms with van der Waals surface area (Å²) in [4.78, 5) is 13.9. The predicted molar refractivity (Wildman–Crippen MR) is 53.9 cm³/mol. The average molecular weight is 351 g/mol. The Morgan fingerprint density at radius 2 is 2.07 bits per heavy atom. The molecule has 0 aromatic carbocycles. The topological polar surface area (TPSA) is 50.2 Å². The van der Waals surface area contributed by atoms with Crippen LogP contribution >= 0.6 is 34.2 Å². The van der Waals surface area contributed by atoms with Crippen molar-refractivity contribution in [2.24, 2.45) is 0 Å². The number of pyridine rings is 1. The van der Waals surface area contributed by atoms with Crippen LogP contribution in [0, 0.1) is 3.57 Å². The summed E-state index contributed by atoms with van der Waals surface area (Å²) in [7, 11) is 0. The van der Waals surface area contributed by atoms with Crippen LogP contribution in [0.25, 0.3) is 0 Å². The first-order valence-electron chi connectivity index (χ1n) is 3.39. The van der Waals surface area contributed by atoms with Gasteiger partial charge in [-0.3, -0.25) is 0 Å². The first kappa shape index (κ1) is 12.5. The smallest absolute Gasteiger partial charge is 0.418 e. The van der Waals surface area contributed by atoms with E-state index in [1.807, 2.05) is 0 Å². The van der Waals surface area contributed by atoms with E-state index >= 15 is 0 Å². The molecule has 0 unspecified atom stereocenters. The van der Waals surface area contributed by atoms with Crippen LogP contribution in [0.1, 0.15) is 15.9 Å². The zero-order valence-electron chi connectivity index (χ0n) is 6.77. The number of aromatic carboxylic acids is 1. The maximum Gasteiger partial charge on any atom is 0.418 e. The molecule has 1 aromatic heterocycles. The fraction of sp³-hybridized carbons (Fsp3) is 0.143. The first-order valence-corrected chi connectivity index (χ1v) is 4.85.